The van der Waals surface area contributed by atoms with Gasteiger partial charge in [-0.1, -0.05) is 46.3 Å². The van der Waals surface area contributed by atoms with Crippen LogP contribution in [0.15, 0.2) is 40.7 Å². The van der Waals surface area contributed by atoms with Crippen molar-refractivity contribution in [1.82, 2.24) is 9.78 Å². The van der Waals surface area contributed by atoms with E-state index in [0.717, 1.165) is 0 Å². The molecule has 2 heterocycles. The summed E-state index contributed by atoms with van der Waals surface area (Å²) in [5, 5.41) is 8.19. The summed E-state index contributed by atoms with van der Waals surface area (Å²) in [5.41, 5.74) is 1.36. The van der Waals surface area contributed by atoms with E-state index in [0.29, 0.717) is 54.4 Å². The Hall–Kier alpha value is -1.78. The van der Waals surface area contributed by atoms with Gasteiger partial charge in [0, 0.05) is 11.8 Å². The first kappa shape index (κ1) is 20.5. The second-order valence-corrected chi connectivity index (χ2v) is 9.50. The van der Waals surface area contributed by atoms with Crippen LogP contribution in [-0.4, -0.2) is 34.7 Å². The van der Waals surface area contributed by atoms with Crippen LogP contribution in [0, 0.1) is 3.95 Å². The van der Waals surface area contributed by atoms with Crippen molar-refractivity contribution in [2.24, 2.45) is 0 Å². The molecule has 3 aromatic rings. The zero-order valence-electron chi connectivity index (χ0n) is 14.7. The summed E-state index contributed by atoms with van der Waals surface area (Å²) < 4.78 is 13.8. The molecule has 1 amide bonds. The SMILES string of the molecule is O=C(CSc1nn(-c2ccc(Cl)c(Cl)c2)c(=S)s1)Nc1ccc2c(c1)OCCO2. The lowest BCUT2D eigenvalue weighted by molar-refractivity contribution is -0.113. The van der Waals surface area contributed by atoms with Crippen molar-refractivity contribution in [3.63, 3.8) is 0 Å². The fourth-order valence-corrected chi connectivity index (χ4v) is 5.00. The van der Waals surface area contributed by atoms with E-state index in [1.54, 1.807) is 41.1 Å². The summed E-state index contributed by atoms with van der Waals surface area (Å²) in [6, 6.07) is 10.5. The molecule has 0 fully saturated rings. The normalized spacial score (nSPS) is 12.6. The first-order valence-electron chi connectivity index (χ1n) is 8.37. The van der Waals surface area contributed by atoms with Gasteiger partial charge in [0.05, 0.1) is 21.5 Å². The summed E-state index contributed by atoms with van der Waals surface area (Å²) >= 11 is 20.0. The molecular formula is C18H13Cl2N3O3S3. The Labute approximate surface area is 189 Å². The van der Waals surface area contributed by atoms with Crippen molar-refractivity contribution < 1.29 is 14.3 Å². The number of thioether (sulfide) groups is 1. The van der Waals surface area contributed by atoms with E-state index in [1.807, 2.05) is 0 Å². The van der Waals surface area contributed by atoms with E-state index >= 15 is 0 Å². The Bertz CT molecular complexity index is 1130. The fraction of sp³-hybridized carbons (Fsp3) is 0.167. The molecule has 2 aromatic carbocycles. The molecule has 1 aromatic heterocycles. The number of nitrogens with zero attached hydrogens (tertiary/aromatic N) is 2. The van der Waals surface area contributed by atoms with Crippen molar-refractivity contribution in [1.29, 1.82) is 0 Å². The van der Waals surface area contributed by atoms with E-state index in [-0.39, 0.29) is 11.7 Å². The lowest BCUT2D eigenvalue weighted by atomic mass is 10.2. The van der Waals surface area contributed by atoms with Crippen LogP contribution >= 0.6 is 58.5 Å². The van der Waals surface area contributed by atoms with Gasteiger partial charge in [0.1, 0.15) is 13.2 Å². The van der Waals surface area contributed by atoms with Crippen molar-refractivity contribution >= 4 is 70.1 Å². The molecule has 29 heavy (non-hydrogen) atoms. The van der Waals surface area contributed by atoms with Gasteiger partial charge in [-0.3, -0.25) is 4.79 Å². The zero-order chi connectivity index (χ0) is 20.4. The number of hydrogen-bond acceptors (Lipinski definition) is 7. The Morgan fingerprint density at radius 2 is 1.97 bits per heavy atom. The molecule has 0 saturated carbocycles. The molecule has 1 aliphatic heterocycles. The number of halogens is 2. The minimum atomic E-state index is -0.158. The predicted octanol–water partition coefficient (Wildman–Crippen LogP) is 5.47. The van der Waals surface area contributed by atoms with Crippen molar-refractivity contribution in [3.05, 3.63) is 50.4 Å². The molecule has 4 rings (SSSR count). The van der Waals surface area contributed by atoms with E-state index in [9.17, 15) is 4.79 Å². The van der Waals surface area contributed by atoms with Crippen LogP contribution in [0.1, 0.15) is 0 Å². The number of carbonyl (C=O) groups is 1. The Balaban J connectivity index is 1.39. The first-order chi connectivity index (χ1) is 14.0. The summed E-state index contributed by atoms with van der Waals surface area (Å²) in [4.78, 5) is 12.3. The van der Waals surface area contributed by atoms with Crippen LogP contribution in [0.25, 0.3) is 5.69 Å². The zero-order valence-corrected chi connectivity index (χ0v) is 18.6. The third kappa shape index (κ3) is 4.87. The number of ether oxygens (including phenoxy) is 2. The smallest absolute Gasteiger partial charge is 0.234 e. The average Bonchev–Trinajstić information content (AvgIpc) is 3.09. The van der Waals surface area contributed by atoms with Crippen LogP contribution < -0.4 is 14.8 Å². The van der Waals surface area contributed by atoms with E-state index in [4.69, 9.17) is 44.9 Å². The molecule has 0 atom stereocenters. The molecule has 0 bridgehead atoms. The number of benzene rings is 2. The van der Waals surface area contributed by atoms with Gasteiger partial charge in [-0.2, -0.15) is 0 Å². The quantitative estimate of drug-likeness (QED) is 0.381. The van der Waals surface area contributed by atoms with Gasteiger partial charge in [-0.05, 0) is 42.5 Å². The number of carbonyl (C=O) groups excluding carboxylic acids is 1. The van der Waals surface area contributed by atoms with Gasteiger partial charge in [-0.15, -0.1) is 5.10 Å². The lowest BCUT2D eigenvalue weighted by Crippen LogP contribution is -2.17. The van der Waals surface area contributed by atoms with Crippen LogP contribution in [-0.2, 0) is 4.79 Å². The summed E-state index contributed by atoms with van der Waals surface area (Å²) in [6.45, 7) is 1.02. The van der Waals surface area contributed by atoms with Gasteiger partial charge < -0.3 is 14.8 Å². The number of rotatable bonds is 5. The van der Waals surface area contributed by atoms with Crippen molar-refractivity contribution in [3.8, 4) is 17.2 Å². The molecule has 150 valence electrons. The third-order valence-electron chi connectivity index (χ3n) is 3.83. The number of hydrogen-bond donors (Lipinski definition) is 1. The van der Waals surface area contributed by atoms with E-state index in [1.165, 1.54) is 23.1 Å². The topological polar surface area (TPSA) is 65.4 Å². The molecule has 0 spiro atoms. The first-order valence-corrected chi connectivity index (χ1v) is 11.3. The predicted molar refractivity (Wildman–Crippen MR) is 119 cm³/mol. The third-order valence-corrected chi connectivity index (χ3v) is 6.93. The largest absolute Gasteiger partial charge is 0.486 e. The number of anilines is 1. The minimum Gasteiger partial charge on any atom is -0.486 e. The average molecular weight is 486 g/mol. The molecule has 6 nitrogen and oxygen atoms in total. The monoisotopic (exact) mass is 485 g/mol. The summed E-state index contributed by atoms with van der Waals surface area (Å²) in [6.07, 6.45) is 0. The van der Waals surface area contributed by atoms with Crippen LogP contribution in [0.5, 0.6) is 11.5 Å². The van der Waals surface area contributed by atoms with Crippen molar-refractivity contribution in [2.75, 3.05) is 24.3 Å². The summed E-state index contributed by atoms with van der Waals surface area (Å²) in [7, 11) is 0. The molecular weight excluding hydrogens is 473 g/mol. The highest BCUT2D eigenvalue weighted by Crippen LogP contribution is 2.33. The number of amides is 1. The number of aromatic nitrogens is 2. The van der Waals surface area contributed by atoms with Crippen LogP contribution in [0.2, 0.25) is 10.0 Å². The maximum atomic E-state index is 12.3. The summed E-state index contributed by atoms with van der Waals surface area (Å²) in [5.74, 6) is 1.34. The van der Waals surface area contributed by atoms with E-state index < -0.39 is 0 Å². The standard InChI is InChI=1S/C18H13Cl2N3O3S3/c19-12-3-2-11(8-13(12)20)23-18(27)29-17(22-23)28-9-16(24)21-10-1-4-14-15(7-10)26-6-5-25-14/h1-4,7-8H,5-6,9H2,(H,21,24). The second-order valence-electron chi connectivity index (χ2n) is 5.84. The van der Waals surface area contributed by atoms with Gasteiger partial charge in [0.25, 0.3) is 0 Å². The number of fused-ring (bicyclic) bond motifs is 1. The van der Waals surface area contributed by atoms with Crippen LogP contribution in [0.3, 0.4) is 0 Å². The molecule has 0 unspecified atom stereocenters. The highest BCUT2D eigenvalue weighted by atomic mass is 35.5. The van der Waals surface area contributed by atoms with Gasteiger partial charge >= 0.3 is 0 Å². The molecule has 1 N–H and O–H groups in total. The van der Waals surface area contributed by atoms with Gasteiger partial charge in [0.2, 0.25) is 5.91 Å². The Morgan fingerprint density at radius 3 is 2.76 bits per heavy atom. The molecule has 0 aliphatic carbocycles. The Morgan fingerprint density at radius 1 is 1.17 bits per heavy atom. The Kier molecular flexibility index (Phi) is 6.31. The molecule has 1 aliphatic rings. The molecule has 11 heteroatoms. The molecule has 0 saturated heterocycles. The highest BCUT2D eigenvalue weighted by Gasteiger charge is 2.14. The minimum absolute atomic E-state index is 0.158. The second kappa shape index (κ2) is 8.93. The van der Waals surface area contributed by atoms with Gasteiger partial charge in [0.15, 0.2) is 19.8 Å². The van der Waals surface area contributed by atoms with Crippen LogP contribution in [0.4, 0.5) is 5.69 Å². The maximum absolute atomic E-state index is 12.3. The fourth-order valence-electron chi connectivity index (χ4n) is 2.54. The van der Waals surface area contributed by atoms with Crippen molar-refractivity contribution in [2.45, 2.75) is 4.34 Å². The van der Waals surface area contributed by atoms with E-state index in [2.05, 4.69) is 10.4 Å². The highest BCUT2D eigenvalue weighted by molar-refractivity contribution is 8.01. The molecule has 0 radical (unpaired) electrons. The van der Waals surface area contributed by atoms with Gasteiger partial charge in [-0.25, -0.2) is 4.68 Å². The lowest BCUT2D eigenvalue weighted by Gasteiger charge is -2.18. The maximum Gasteiger partial charge on any atom is 0.234 e. The number of nitrogens with one attached hydrogen (secondary N) is 1.